The van der Waals surface area contributed by atoms with Gasteiger partial charge < -0.3 is 19.7 Å². The zero-order chi connectivity index (χ0) is 31.0. The number of amides is 2. The van der Waals surface area contributed by atoms with E-state index in [0.29, 0.717) is 17.7 Å². The van der Waals surface area contributed by atoms with E-state index in [1.165, 1.54) is 61.6 Å². The Morgan fingerprint density at radius 2 is 1.55 bits per heavy atom. The van der Waals surface area contributed by atoms with Crippen LogP contribution >= 0.6 is 0 Å². The highest BCUT2D eigenvalue weighted by atomic mass is 32.2. The number of carbonyl (C=O) groups is 2. The van der Waals surface area contributed by atoms with Crippen LogP contribution in [0.1, 0.15) is 38.3 Å². The van der Waals surface area contributed by atoms with E-state index in [-0.39, 0.29) is 34.8 Å². The number of ether oxygens (including phenoxy) is 2. The minimum absolute atomic E-state index is 0.0354. The van der Waals surface area contributed by atoms with Gasteiger partial charge in [0.05, 0.1) is 24.8 Å². The van der Waals surface area contributed by atoms with Crippen LogP contribution in [0, 0.1) is 12.7 Å². The molecule has 42 heavy (non-hydrogen) atoms. The Balaban J connectivity index is 2.06. The van der Waals surface area contributed by atoms with Gasteiger partial charge in [-0.15, -0.1) is 0 Å². The average molecular weight is 600 g/mol. The summed E-state index contributed by atoms with van der Waals surface area (Å²) >= 11 is 0. The van der Waals surface area contributed by atoms with Crippen LogP contribution in [0.25, 0.3) is 0 Å². The second kappa shape index (κ2) is 14.2. The first-order valence-electron chi connectivity index (χ1n) is 13.6. The molecule has 0 bridgehead atoms. The monoisotopic (exact) mass is 599 g/mol. The molecule has 0 aliphatic heterocycles. The fourth-order valence-corrected chi connectivity index (χ4v) is 5.61. The van der Waals surface area contributed by atoms with Crippen molar-refractivity contribution in [3.05, 3.63) is 83.7 Å². The highest BCUT2D eigenvalue weighted by molar-refractivity contribution is 7.92. The fraction of sp³-hybridized carbons (Fsp3) is 0.355. The highest BCUT2D eigenvalue weighted by Gasteiger charge is 2.33. The Labute approximate surface area is 247 Å². The number of nitrogens with zero attached hydrogens (tertiary/aromatic N) is 2. The summed E-state index contributed by atoms with van der Waals surface area (Å²) in [5.74, 6) is -0.881. The molecular formula is C31H38FN3O6S. The molecule has 2 atom stereocenters. The normalized spacial score (nSPS) is 12.6. The molecule has 0 heterocycles. The van der Waals surface area contributed by atoms with Gasteiger partial charge in [-0.25, -0.2) is 12.8 Å². The van der Waals surface area contributed by atoms with Crippen molar-refractivity contribution in [2.45, 2.75) is 57.6 Å². The van der Waals surface area contributed by atoms with Crippen LogP contribution in [0.4, 0.5) is 10.1 Å². The lowest BCUT2D eigenvalue weighted by Gasteiger charge is -2.32. The lowest BCUT2D eigenvalue weighted by atomic mass is 10.1. The number of sulfonamides is 1. The number of anilines is 1. The molecule has 3 aromatic carbocycles. The molecule has 0 aromatic heterocycles. The molecule has 3 aromatic rings. The standard InChI is InChI=1S/C31H38FN3O6S/c1-7-22(3)33-31(37)23(4)34(19-24-10-12-25(32)13-11-24)30(36)20-35(26-14-8-21(2)9-15-26)42(38,39)27-16-17-28(40-5)29(18-27)41-6/h8-18,22-23H,7,19-20H2,1-6H3,(H,33,37)/t22-,23+/m1/s1. The molecular weight excluding hydrogens is 561 g/mol. The SMILES string of the molecule is CC[C@@H](C)NC(=O)[C@H](C)N(Cc1ccc(F)cc1)C(=O)CN(c1ccc(C)cc1)S(=O)(=O)c1ccc(OC)c(OC)c1. The van der Waals surface area contributed by atoms with Crippen molar-refractivity contribution in [3.8, 4) is 11.5 Å². The van der Waals surface area contributed by atoms with E-state index in [2.05, 4.69) is 5.32 Å². The van der Waals surface area contributed by atoms with Gasteiger partial charge in [0.15, 0.2) is 11.5 Å². The third-order valence-electron chi connectivity index (χ3n) is 6.98. The predicted molar refractivity (Wildman–Crippen MR) is 160 cm³/mol. The Kier molecular flexibility index (Phi) is 10.9. The minimum Gasteiger partial charge on any atom is -0.493 e. The first kappa shape index (κ1) is 32.4. The lowest BCUT2D eigenvalue weighted by Crippen LogP contribution is -2.52. The summed E-state index contributed by atoms with van der Waals surface area (Å²) in [6.07, 6.45) is 0.690. The molecule has 0 fully saturated rings. The molecule has 0 spiro atoms. The second-order valence-electron chi connectivity index (χ2n) is 10.0. The number of methoxy groups -OCH3 is 2. The van der Waals surface area contributed by atoms with E-state index < -0.39 is 34.3 Å². The average Bonchev–Trinajstić information content (AvgIpc) is 2.98. The van der Waals surface area contributed by atoms with Crippen LogP contribution in [0.15, 0.2) is 71.6 Å². The van der Waals surface area contributed by atoms with Gasteiger partial charge in [-0.3, -0.25) is 13.9 Å². The van der Waals surface area contributed by atoms with Gasteiger partial charge in [-0.05, 0) is 69.2 Å². The van der Waals surface area contributed by atoms with Crippen LogP contribution in [-0.4, -0.2) is 58.0 Å². The number of rotatable bonds is 13. The Morgan fingerprint density at radius 3 is 2.12 bits per heavy atom. The fourth-order valence-electron chi connectivity index (χ4n) is 4.18. The summed E-state index contributed by atoms with van der Waals surface area (Å²) in [6, 6.07) is 15.4. The number of benzene rings is 3. The molecule has 1 N–H and O–H groups in total. The van der Waals surface area contributed by atoms with Crippen molar-refractivity contribution in [1.29, 1.82) is 0 Å². The smallest absolute Gasteiger partial charge is 0.264 e. The van der Waals surface area contributed by atoms with Gasteiger partial charge in [-0.1, -0.05) is 36.8 Å². The van der Waals surface area contributed by atoms with E-state index in [9.17, 15) is 22.4 Å². The van der Waals surface area contributed by atoms with E-state index in [1.807, 2.05) is 20.8 Å². The zero-order valence-electron chi connectivity index (χ0n) is 24.8. The van der Waals surface area contributed by atoms with Crippen LogP contribution in [0.2, 0.25) is 0 Å². The second-order valence-corrected chi connectivity index (χ2v) is 11.9. The van der Waals surface area contributed by atoms with E-state index in [1.54, 1.807) is 31.2 Å². The van der Waals surface area contributed by atoms with E-state index in [4.69, 9.17) is 9.47 Å². The number of nitrogens with one attached hydrogen (secondary N) is 1. The summed E-state index contributed by atoms with van der Waals surface area (Å²) in [6.45, 7) is 6.59. The van der Waals surface area contributed by atoms with Gasteiger partial charge in [0, 0.05) is 18.7 Å². The Hall–Kier alpha value is -4.12. The first-order chi connectivity index (χ1) is 19.9. The molecule has 0 aliphatic carbocycles. The van der Waals surface area contributed by atoms with Crippen LogP contribution in [0.3, 0.4) is 0 Å². The van der Waals surface area contributed by atoms with Gasteiger partial charge >= 0.3 is 0 Å². The Morgan fingerprint density at radius 1 is 0.929 bits per heavy atom. The number of hydrogen-bond acceptors (Lipinski definition) is 6. The summed E-state index contributed by atoms with van der Waals surface area (Å²) in [7, 11) is -1.46. The molecule has 0 radical (unpaired) electrons. The van der Waals surface area contributed by atoms with Crippen molar-refractivity contribution in [2.24, 2.45) is 0 Å². The largest absolute Gasteiger partial charge is 0.493 e. The highest BCUT2D eigenvalue weighted by Crippen LogP contribution is 2.32. The predicted octanol–water partition coefficient (Wildman–Crippen LogP) is 4.68. The lowest BCUT2D eigenvalue weighted by molar-refractivity contribution is -0.139. The molecule has 226 valence electrons. The van der Waals surface area contributed by atoms with Gasteiger partial charge in [0.25, 0.3) is 10.0 Å². The molecule has 0 aliphatic rings. The zero-order valence-corrected chi connectivity index (χ0v) is 25.6. The van der Waals surface area contributed by atoms with Crippen molar-refractivity contribution < 1.29 is 31.9 Å². The number of hydrogen-bond donors (Lipinski definition) is 1. The van der Waals surface area contributed by atoms with Crippen molar-refractivity contribution in [1.82, 2.24) is 10.2 Å². The van der Waals surface area contributed by atoms with Crippen LogP contribution in [0.5, 0.6) is 11.5 Å². The van der Waals surface area contributed by atoms with Gasteiger partial charge in [0.2, 0.25) is 11.8 Å². The Bertz CT molecular complexity index is 1480. The number of carbonyl (C=O) groups excluding carboxylic acids is 2. The summed E-state index contributed by atoms with van der Waals surface area (Å²) < 4.78 is 53.3. The topological polar surface area (TPSA) is 105 Å². The van der Waals surface area contributed by atoms with Crippen molar-refractivity contribution in [2.75, 3.05) is 25.1 Å². The maximum atomic E-state index is 14.1. The van der Waals surface area contributed by atoms with Gasteiger partial charge in [-0.2, -0.15) is 0 Å². The summed E-state index contributed by atoms with van der Waals surface area (Å²) in [5, 5.41) is 2.88. The van der Waals surface area contributed by atoms with Crippen molar-refractivity contribution in [3.63, 3.8) is 0 Å². The van der Waals surface area contributed by atoms with E-state index >= 15 is 0 Å². The minimum atomic E-state index is -4.30. The quantitative estimate of drug-likeness (QED) is 0.306. The summed E-state index contributed by atoms with van der Waals surface area (Å²) in [4.78, 5) is 28.3. The molecule has 3 rings (SSSR count). The third kappa shape index (κ3) is 7.79. The third-order valence-corrected chi connectivity index (χ3v) is 8.75. The molecule has 0 unspecified atom stereocenters. The van der Waals surface area contributed by atoms with Crippen LogP contribution in [-0.2, 0) is 26.2 Å². The molecule has 2 amide bonds. The molecule has 0 saturated heterocycles. The number of aryl methyl sites for hydroxylation is 1. The summed E-state index contributed by atoms with van der Waals surface area (Å²) in [5.41, 5.74) is 1.75. The van der Waals surface area contributed by atoms with Crippen molar-refractivity contribution >= 4 is 27.5 Å². The van der Waals surface area contributed by atoms with Crippen LogP contribution < -0.4 is 19.1 Å². The number of halogens is 1. The molecule has 0 saturated carbocycles. The molecule has 9 nitrogen and oxygen atoms in total. The van der Waals surface area contributed by atoms with Gasteiger partial charge in [0.1, 0.15) is 18.4 Å². The maximum absolute atomic E-state index is 14.1. The van der Waals surface area contributed by atoms with E-state index in [0.717, 1.165) is 9.87 Å². The molecule has 11 heteroatoms. The first-order valence-corrected chi connectivity index (χ1v) is 15.0. The maximum Gasteiger partial charge on any atom is 0.264 e.